The number of benzene rings is 2. The zero-order valence-corrected chi connectivity index (χ0v) is 17.1. The molecule has 1 N–H and O–H groups in total. The smallest absolute Gasteiger partial charge is 0.224 e. The number of amides is 1. The Balaban J connectivity index is 1.28. The van der Waals surface area contributed by atoms with Crippen LogP contribution in [0, 0.1) is 5.92 Å². The minimum Gasteiger partial charge on any atom is -0.370 e. The molecule has 1 saturated heterocycles. The van der Waals surface area contributed by atoms with Crippen molar-refractivity contribution in [3.05, 3.63) is 64.1 Å². The maximum atomic E-state index is 12.4. The molecule has 3 nitrogen and oxygen atoms in total. The summed E-state index contributed by atoms with van der Waals surface area (Å²) in [5, 5.41) is 3.11. The lowest BCUT2D eigenvalue weighted by molar-refractivity contribution is -0.122. The molecule has 1 aliphatic carbocycles. The first-order chi connectivity index (χ1) is 12.7. The van der Waals surface area contributed by atoms with Crippen LogP contribution in [0.2, 0.25) is 0 Å². The zero-order chi connectivity index (χ0) is 17.9. The molecule has 5 heteroatoms. The highest BCUT2D eigenvalue weighted by Crippen LogP contribution is 2.47. The molecule has 2 fully saturated rings. The monoisotopic (exact) mass is 430 g/mol. The van der Waals surface area contributed by atoms with Crippen LogP contribution in [-0.2, 0) is 11.3 Å². The van der Waals surface area contributed by atoms with Gasteiger partial charge in [0.05, 0.1) is 0 Å². The van der Waals surface area contributed by atoms with Crippen molar-refractivity contribution in [3.63, 3.8) is 0 Å². The van der Waals surface area contributed by atoms with Gasteiger partial charge in [-0.15, -0.1) is 0 Å². The average molecular weight is 431 g/mol. The highest BCUT2D eigenvalue weighted by Gasteiger charge is 2.43. The molecule has 2 atom stereocenters. The third-order valence-electron chi connectivity index (χ3n) is 5.18. The summed E-state index contributed by atoms with van der Waals surface area (Å²) in [6, 6.07) is 16.9. The summed E-state index contributed by atoms with van der Waals surface area (Å²) >= 11 is 5.53. The summed E-state index contributed by atoms with van der Waals surface area (Å²) in [6.45, 7) is 2.86. The van der Waals surface area contributed by atoms with E-state index in [1.807, 2.05) is 23.9 Å². The number of rotatable bonds is 5. The van der Waals surface area contributed by atoms with Gasteiger partial charge in [0.1, 0.15) is 0 Å². The Hall–Kier alpha value is -1.46. The molecule has 2 aromatic carbocycles. The third-order valence-corrected chi connectivity index (χ3v) is 6.62. The Morgan fingerprint density at radius 3 is 2.65 bits per heavy atom. The minimum atomic E-state index is 0.120. The second-order valence-corrected chi connectivity index (χ2v) is 9.13. The standard InChI is InChI=1S/C21H23BrN2OS/c22-17-3-1-2-16(12-17)19-13-20(19)21(25)23-14-15-4-6-18(7-5-15)24-8-10-26-11-9-24/h1-7,12,19-20H,8-11,13-14H2,(H,23,25). The maximum Gasteiger partial charge on any atom is 0.224 e. The molecule has 1 saturated carbocycles. The Morgan fingerprint density at radius 1 is 1.15 bits per heavy atom. The van der Waals surface area contributed by atoms with Crippen LogP contribution in [0.3, 0.4) is 0 Å². The zero-order valence-electron chi connectivity index (χ0n) is 14.7. The van der Waals surface area contributed by atoms with Gasteiger partial charge in [-0.3, -0.25) is 4.79 Å². The molecular weight excluding hydrogens is 408 g/mol. The van der Waals surface area contributed by atoms with Crippen LogP contribution in [0.5, 0.6) is 0 Å². The maximum absolute atomic E-state index is 12.4. The fourth-order valence-electron chi connectivity index (χ4n) is 3.56. The van der Waals surface area contributed by atoms with Crippen LogP contribution in [0.4, 0.5) is 5.69 Å². The molecule has 1 aliphatic heterocycles. The Kier molecular flexibility index (Phi) is 5.55. The molecule has 1 amide bonds. The van der Waals surface area contributed by atoms with Gasteiger partial charge in [0.15, 0.2) is 0 Å². The number of thioether (sulfide) groups is 1. The van der Waals surface area contributed by atoms with E-state index in [9.17, 15) is 4.79 Å². The molecule has 2 aromatic rings. The number of nitrogens with one attached hydrogen (secondary N) is 1. The normalized spacial score (nSPS) is 22.1. The van der Waals surface area contributed by atoms with E-state index in [2.05, 4.69) is 62.5 Å². The van der Waals surface area contributed by atoms with Gasteiger partial charge in [0.2, 0.25) is 5.91 Å². The van der Waals surface area contributed by atoms with Crippen molar-refractivity contribution in [2.24, 2.45) is 5.92 Å². The molecular formula is C21H23BrN2OS. The van der Waals surface area contributed by atoms with Gasteiger partial charge in [-0.25, -0.2) is 0 Å². The average Bonchev–Trinajstić information content (AvgIpc) is 3.48. The van der Waals surface area contributed by atoms with Gasteiger partial charge in [-0.05, 0) is 47.7 Å². The lowest BCUT2D eigenvalue weighted by atomic mass is 10.1. The molecule has 0 aromatic heterocycles. The highest BCUT2D eigenvalue weighted by molar-refractivity contribution is 9.10. The van der Waals surface area contributed by atoms with Crippen molar-refractivity contribution in [3.8, 4) is 0 Å². The van der Waals surface area contributed by atoms with Crippen molar-refractivity contribution in [2.75, 3.05) is 29.5 Å². The van der Waals surface area contributed by atoms with Gasteiger partial charge in [-0.2, -0.15) is 11.8 Å². The minimum absolute atomic E-state index is 0.120. The Labute approximate surface area is 167 Å². The van der Waals surface area contributed by atoms with Crippen molar-refractivity contribution in [2.45, 2.75) is 18.9 Å². The molecule has 2 aliphatic rings. The highest BCUT2D eigenvalue weighted by atomic mass is 79.9. The van der Waals surface area contributed by atoms with Crippen molar-refractivity contribution in [1.29, 1.82) is 0 Å². The summed E-state index contributed by atoms with van der Waals surface area (Å²) in [6.07, 6.45) is 0.953. The van der Waals surface area contributed by atoms with Crippen LogP contribution in [0.25, 0.3) is 0 Å². The Bertz CT molecular complexity index is 774. The molecule has 26 heavy (non-hydrogen) atoms. The van der Waals surface area contributed by atoms with E-state index in [0.29, 0.717) is 12.5 Å². The van der Waals surface area contributed by atoms with Crippen LogP contribution >= 0.6 is 27.7 Å². The molecule has 4 rings (SSSR count). The first kappa shape index (κ1) is 17.9. The van der Waals surface area contributed by atoms with Crippen LogP contribution in [0.15, 0.2) is 53.0 Å². The molecule has 136 valence electrons. The van der Waals surface area contributed by atoms with Crippen molar-refractivity contribution < 1.29 is 4.79 Å². The van der Waals surface area contributed by atoms with Gasteiger partial charge in [0, 0.05) is 47.2 Å². The molecule has 1 heterocycles. The summed E-state index contributed by atoms with van der Waals surface area (Å²) in [5.74, 6) is 3.07. The fraction of sp³-hybridized carbons (Fsp3) is 0.381. The number of anilines is 1. The van der Waals surface area contributed by atoms with Gasteiger partial charge in [0.25, 0.3) is 0 Å². The predicted octanol–water partition coefficient (Wildman–Crippen LogP) is 4.42. The quantitative estimate of drug-likeness (QED) is 0.761. The topological polar surface area (TPSA) is 32.3 Å². The first-order valence-electron chi connectivity index (χ1n) is 9.15. The summed E-state index contributed by atoms with van der Waals surface area (Å²) < 4.78 is 1.08. The van der Waals surface area contributed by atoms with E-state index in [-0.39, 0.29) is 11.8 Å². The number of hydrogen-bond acceptors (Lipinski definition) is 3. The fourth-order valence-corrected chi connectivity index (χ4v) is 4.88. The summed E-state index contributed by atoms with van der Waals surface area (Å²) in [7, 11) is 0. The number of carbonyl (C=O) groups is 1. The summed E-state index contributed by atoms with van der Waals surface area (Å²) in [5.41, 5.74) is 3.70. The number of carbonyl (C=O) groups excluding carboxylic acids is 1. The second kappa shape index (κ2) is 8.05. The molecule has 0 radical (unpaired) electrons. The van der Waals surface area contributed by atoms with Gasteiger partial charge in [-0.1, -0.05) is 40.2 Å². The SMILES string of the molecule is O=C(NCc1ccc(N2CCSCC2)cc1)C1CC1c1cccc(Br)c1. The van der Waals surface area contributed by atoms with E-state index < -0.39 is 0 Å². The second-order valence-electron chi connectivity index (χ2n) is 6.99. The van der Waals surface area contributed by atoms with E-state index in [1.54, 1.807) is 0 Å². The molecule has 0 bridgehead atoms. The predicted molar refractivity (Wildman–Crippen MR) is 113 cm³/mol. The largest absolute Gasteiger partial charge is 0.370 e. The number of halogens is 1. The van der Waals surface area contributed by atoms with Crippen LogP contribution < -0.4 is 10.2 Å². The van der Waals surface area contributed by atoms with E-state index >= 15 is 0 Å². The molecule has 2 unspecified atom stereocenters. The Morgan fingerprint density at radius 2 is 1.92 bits per heavy atom. The molecule has 0 spiro atoms. The van der Waals surface area contributed by atoms with Crippen LogP contribution in [0.1, 0.15) is 23.5 Å². The lowest BCUT2D eigenvalue weighted by Crippen LogP contribution is -2.32. The number of nitrogens with zero attached hydrogens (tertiary/aromatic N) is 1. The van der Waals surface area contributed by atoms with Crippen molar-refractivity contribution >= 4 is 39.3 Å². The summed E-state index contributed by atoms with van der Waals surface area (Å²) in [4.78, 5) is 14.9. The van der Waals surface area contributed by atoms with E-state index in [0.717, 1.165) is 29.5 Å². The lowest BCUT2D eigenvalue weighted by Gasteiger charge is -2.28. The van der Waals surface area contributed by atoms with Gasteiger partial charge < -0.3 is 10.2 Å². The third kappa shape index (κ3) is 4.26. The van der Waals surface area contributed by atoms with E-state index in [1.165, 1.54) is 22.8 Å². The van der Waals surface area contributed by atoms with Crippen molar-refractivity contribution in [1.82, 2.24) is 5.32 Å². The van der Waals surface area contributed by atoms with Gasteiger partial charge >= 0.3 is 0 Å². The van der Waals surface area contributed by atoms with Crippen LogP contribution in [-0.4, -0.2) is 30.5 Å². The van der Waals surface area contributed by atoms with E-state index in [4.69, 9.17) is 0 Å². The first-order valence-corrected chi connectivity index (χ1v) is 11.1. The number of hydrogen-bond donors (Lipinski definition) is 1.